The number of carbonyl (C=O) groups excluding carboxylic acids is 2. The number of ether oxygens (including phenoxy) is 1. The summed E-state index contributed by atoms with van der Waals surface area (Å²) in [5.74, 6) is -0.603. The summed E-state index contributed by atoms with van der Waals surface area (Å²) in [6, 6.07) is 9.20. The average molecular weight is 434 g/mol. The molecule has 2 heterocycles. The van der Waals surface area contributed by atoms with E-state index < -0.39 is 0 Å². The molecule has 7 nitrogen and oxygen atoms in total. The van der Waals surface area contributed by atoms with E-state index >= 15 is 0 Å². The molecular weight excluding hydrogens is 414 g/mol. The van der Waals surface area contributed by atoms with Crippen LogP contribution in [0.15, 0.2) is 41.5 Å². The summed E-state index contributed by atoms with van der Waals surface area (Å²) in [4.78, 5) is 41.3. The van der Waals surface area contributed by atoms with Crippen molar-refractivity contribution in [1.82, 2.24) is 14.9 Å². The van der Waals surface area contributed by atoms with Crippen LogP contribution in [0.4, 0.5) is 0 Å². The summed E-state index contributed by atoms with van der Waals surface area (Å²) < 4.78 is 6.61. The smallest absolute Gasteiger partial charge is 0.305 e. The van der Waals surface area contributed by atoms with Crippen LogP contribution >= 0.6 is 22.9 Å². The maximum Gasteiger partial charge on any atom is 0.305 e. The fraction of sp³-hybridized carbons (Fsp3) is 0.300. The Morgan fingerprint density at radius 3 is 2.76 bits per heavy atom. The van der Waals surface area contributed by atoms with Crippen LogP contribution in [0.2, 0.25) is 5.02 Å². The lowest BCUT2D eigenvalue weighted by Crippen LogP contribution is -2.33. The number of hydrogen-bond donors (Lipinski definition) is 1. The number of esters is 1. The van der Waals surface area contributed by atoms with E-state index in [1.807, 2.05) is 18.2 Å². The Labute approximate surface area is 176 Å². The van der Waals surface area contributed by atoms with Crippen molar-refractivity contribution >= 4 is 45.0 Å². The Kier molecular flexibility index (Phi) is 7.00. The highest BCUT2D eigenvalue weighted by Crippen LogP contribution is 2.31. The number of fused-ring (bicyclic) bond motifs is 1. The number of amides is 1. The highest BCUT2D eigenvalue weighted by molar-refractivity contribution is 7.22. The Morgan fingerprint density at radius 2 is 2.03 bits per heavy atom. The molecule has 3 aromatic rings. The van der Waals surface area contributed by atoms with E-state index in [9.17, 15) is 14.4 Å². The van der Waals surface area contributed by atoms with Gasteiger partial charge in [0.05, 0.1) is 18.5 Å². The second-order valence-electron chi connectivity index (χ2n) is 6.27. The summed E-state index contributed by atoms with van der Waals surface area (Å²) in [5, 5.41) is 3.34. The van der Waals surface area contributed by atoms with Gasteiger partial charge in [0, 0.05) is 22.9 Å². The predicted molar refractivity (Wildman–Crippen MR) is 113 cm³/mol. The molecule has 3 rings (SSSR count). The number of carbonyl (C=O) groups is 2. The third-order valence-electron chi connectivity index (χ3n) is 4.13. The van der Waals surface area contributed by atoms with Gasteiger partial charge in [0.2, 0.25) is 5.91 Å². The molecule has 0 saturated heterocycles. The molecule has 2 aromatic heterocycles. The number of aromatic nitrogens is 2. The molecule has 29 heavy (non-hydrogen) atoms. The summed E-state index contributed by atoms with van der Waals surface area (Å²) in [7, 11) is 0. The number of rotatable bonds is 8. The first-order valence-corrected chi connectivity index (χ1v) is 10.3. The van der Waals surface area contributed by atoms with Crippen LogP contribution in [-0.2, 0) is 20.9 Å². The van der Waals surface area contributed by atoms with Gasteiger partial charge in [-0.05, 0) is 37.1 Å². The zero-order valence-corrected chi connectivity index (χ0v) is 17.4. The molecule has 9 heteroatoms. The molecule has 1 N–H and O–H groups in total. The van der Waals surface area contributed by atoms with Crippen LogP contribution < -0.4 is 10.9 Å². The minimum atomic E-state index is -0.313. The third kappa shape index (κ3) is 5.42. The van der Waals surface area contributed by atoms with Gasteiger partial charge in [0.25, 0.3) is 5.56 Å². The number of hydrogen-bond acceptors (Lipinski definition) is 6. The van der Waals surface area contributed by atoms with Gasteiger partial charge in [-0.15, -0.1) is 11.3 Å². The van der Waals surface area contributed by atoms with E-state index in [1.165, 1.54) is 22.2 Å². The molecule has 0 fully saturated rings. The molecule has 1 aromatic carbocycles. The van der Waals surface area contributed by atoms with Crippen molar-refractivity contribution in [2.75, 3.05) is 13.2 Å². The minimum Gasteiger partial charge on any atom is -0.466 e. The van der Waals surface area contributed by atoms with Gasteiger partial charge in [-0.25, -0.2) is 4.98 Å². The van der Waals surface area contributed by atoms with Crippen molar-refractivity contribution in [2.24, 2.45) is 0 Å². The molecular formula is C20H20ClN3O4S. The van der Waals surface area contributed by atoms with Gasteiger partial charge in [0.15, 0.2) is 0 Å². The standard InChI is InChI=1S/C20H20ClN3O4S/c1-2-28-18(26)4-3-9-22-17(25)11-24-12-23-15-10-16(29-19(15)20(24)27)13-5-7-14(21)8-6-13/h5-8,10,12H,2-4,9,11H2,1H3,(H,22,25). The van der Waals surface area contributed by atoms with Gasteiger partial charge in [-0.3, -0.25) is 19.0 Å². The Morgan fingerprint density at radius 1 is 1.28 bits per heavy atom. The maximum atomic E-state index is 12.7. The number of benzene rings is 1. The lowest BCUT2D eigenvalue weighted by molar-refractivity contribution is -0.143. The SMILES string of the molecule is CCOC(=O)CCCNC(=O)Cn1cnc2cc(-c3ccc(Cl)cc3)sc2c1=O. The largest absolute Gasteiger partial charge is 0.466 e. The number of thiophene rings is 1. The lowest BCUT2D eigenvalue weighted by Gasteiger charge is -2.07. The van der Waals surface area contributed by atoms with Crippen LogP contribution in [0.5, 0.6) is 0 Å². The van der Waals surface area contributed by atoms with E-state index in [0.717, 1.165) is 10.4 Å². The van der Waals surface area contributed by atoms with Crippen LogP contribution in [0, 0.1) is 0 Å². The summed E-state index contributed by atoms with van der Waals surface area (Å²) in [5.41, 5.74) is 1.28. The highest BCUT2D eigenvalue weighted by atomic mass is 35.5. The van der Waals surface area contributed by atoms with E-state index in [4.69, 9.17) is 16.3 Å². The first-order chi connectivity index (χ1) is 14.0. The summed E-state index contributed by atoms with van der Waals surface area (Å²) in [6.07, 6.45) is 2.09. The molecule has 0 unspecified atom stereocenters. The topological polar surface area (TPSA) is 90.3 Å². The summed E-state index contributed by atoms with van der Waals surface area (Å²) >= 11 is 7.26. The molecule has 152 valence electrons. The van der Waals surface area contributed by atoms with Crippen molar-refractivity contribution < 1.29 is 14.3 Å². The number of nitrogens with one attached hydrogen (secondary N) is 1. The van der Waals surface area contributed by atoms with Crippen LogP contribution in [0.3, 0.4) is 0 Å². The molecule has 0 aliphatic heterocycles. The van der Waals surface area contributed by atoms with Gasteiger partial charge in [0.1, 0.15) is 11.2 Å². The quantitative estimate of drug-likeness (QED) is 0.435. The maximum absolute atomic E-state index is 12.7. The van der Waals surface area contributed by atoms with Gasteiger partial charge in [-0.2, -0.15) is 0 Å². The molecule has 1 amide bonds. The molecule has 0 spiro atoms. The number of halogens is 1. The van der Waals surface area contributed by atoms with Crippen molar-refractivity contribution in [3.05, 3.63) is 52.0 Å². The normalized spacial score (nSPS) is 10.8. The Balaban J connectivity index is 1.65. The average Bonchev–Trinajstić information content (AvgIpc) is 3.13. The van der Waals surface area contributed by atoms with Gasteiger partial charge >= 0.3 is 5.97 Å². The van der Waals surface area contributed by atoms with Crippen LogP contribution in [-0.4, -0.2) is 34.6 Å². The van der Waals surface area contributed by atoms with Gasteiger partial charge in [-0.1, -0.05) is 23.7 Å². The van der Waals surface area contributed by atoms with Crippen LogP contribution in [0.25, 0.3) is 20.7 Å². The third-order valence-corrected chi connectivity index (χ3v) is 5.54. The monoisotopic (exact) mass is 433 g/mol. The minimum absolute atomic E-state index is 0.130. The van der Waals surface area contributed by atoms with E-state index in [-0.39, 0.29) is 30.4 Å². The fourth-order valence-electron chi connectivity index (χ4n) is 2.72. The Bertz CT molecular complexity index is 1080. The summed E-state index contributed by atoms with van der Waals surface area (Å²) in [6.45, 7) is 2.29. The molecule has 0 radical (unpaired) electrons. The van der Waals surface area contributed by atoms with Crippen molar-refractivity contribution in [1.29, 1.82) is 0 Å². The zero-order chi connectivity index (χ0) is 20.8. The molecule has 0 saturated carbocycles. The fourth-order valence-corrected chi connectivity index (χ4v) is 3.91. The van der Waals surface area contributed by atoms with E-state index in [2.05, 4.69) is 10.3 Å². The first kappa shape index (κ1) is 21.0. The molecule has 0 atom stereocenters. The predicted octanol–water partition coefficient (Wildman–Crippen LogP) is 3.24. The molecule has 0 aliphatic rings. The van der Waals surface area contributed by atoms with Crippen LogP contribution in [0.1, 0.15) is 19.8 Å². The van der Waals surface area contributed by atoms with Crippen molar-refractivity contribution in [3.8, 4) is 10.4 Å². The van der Waals surface area contributed by atoms with Gasteiger partial charge < -0.3 is 10.1 Å². The second-order valence-corrected chi connectivity index (χ2v) is 7.76. The highest BCUT2D eigenvalue weighted by Gasteiger charge is 2.12. The first-order valence-electron chi connectivity index (χ1n) is 9.15. The van der Waals surface area contributed by atoms with E-state index in [0.29, 0.717) is 34.8 Å². The molecule has 0 bridgehead atoms. The zero-order valence-electron chi connectivity index (χ0n) is 15.8. The number of nitrogens with zero attached hydrogens (tertiary/aromatic N) is 2. The van der Waals surface area contributed by atoms with E-state index in [1.54, 1.807) is 19.1 Å². The Hall–Kier alpha value is -2.71. The van der Waals surface area contributed by atoms with Crippen molar-refractivity contribution in [3.63, 3.8) is 0 Å². The lowest BCUT2D eigenvalue weighted by atomic mass is 10.2. The van der Waals surface area contributed by atoms with Crippen molar-refractivity contribution in [2.45, 2.75) is 26.3 Å². The molecule has 0 aliphatic carbocycles. The second kappa shape index (κ2) is 9.67.